The zero-order chi connectivity index (χ0) is 22.4. The quantitative estimate of drug-likeness (QED) is 0.223. The molecule has 0 saturated carbocycles. The molecule has 1 aliphatic rings. The van der Waals surface area contributed by atoms with Crippen LogP contribution < -0.4 is 4.74 Å². The van der Waals surface area contributed by atoms with E-state index in [1.54, 1.807) is 6.92 Å². The van der Waals surface area contributed by atoms with Gasteiger partial charge < -0.3 is 4.74 Å². The van der Waals surface area contributed by atoms with E-state index in [1.807, 2.05) is 24.3 Å². The highest BCUT2D eigenvalue weighted by molar-refractivity contribution is 6.59. The smallest absolute Gasteiger partial charge is 0.305 e. The molecule has 0 bridgehead atoms. The van der Waals surface area contributed by atoms with Gasteiger partial charge in [-0.2, -0.15) is 8.78 Å². The summed E-state index contributed by atoms with van der Waals surface area (Å²) in [5, 5.41) is 0. The van der Waals surface area contributed by atoms with Crippen LogP contribution >= 0.6 is 0 Å². The average Bonchev–Trinajstić information content (AvgIpc) is 2.73. The van der Waals surface area contributed by atoms with E-state index in [0.29, 0.717) is 23.5 Å². The van der Waals surface area contributed by atoms with Crippen molar-refractivity contribution in [2.75, 3.05) is 0 Å². The fourth-order valence-corrected chi connectivity index (χ4v) is 7.79. The molecule has 0 spiro atoms. The van der Waals surface area contributed by atoms with Gasteiger partial charge in [0.15, 0.2) is 23.6 Å². The number of hydrogen-bond acceptors (Lipinski definition) is 1. The third-order valence-corrected chi connectivity index (χ3v) is 9.57. The lowest BCUT2D eigenvalue weighted by molar-refractivity contribution is 0.338. The molecular weight excluding hydrogens is 427 g/mol. The van der Waals surface area contributed by atoms with Crippen LogP contribution in [-0.2, 0) is 0 Å². The van der Waals surface area contributed by atoms with E-state index in [0.717, 1.165) is 31.4 Å². The highest BCUT2D eigenvalue weighted by Crippen LogP contribution is 2.36. The number of hydrogen-bond donors (Lipinski definition) is 0. The van der Waals surface area contributed by atoms with Crippen molar-refractivity contribution in [2.45, 2.75) is 62.8 Å². The Kier molecular flexibility index (Phi) is 8.29. The second-order valence-corrected chi connectivity index (χ2v) is 11.8. The molecule has 1 atom stereocenters. The fourth-order valence-electron chi connectivity index (χ4n) is 4.36. The second kappa shape index (κ2) is 10.9. The minimum atomic E-state index is -2.18. The van der Waals surface area contributed by atoms with Gasteiger partial charge in [0.25, 0.3) is 0 Å². The van der Waals surface area contributed by atoms with Crippen LogP contribution in [0.1, 0.15) is 44.1 Å². The Bertz CT molecular complexity index is 862. The lowest BCUT2D eigenvalue weighted by Crippen LogP contribution is -2.20. The van der Waals surface area contributed by atoms with Gasteiger partial charge in [0.2, 0.25) is 0 Å². The average molecular weight is 455 g/mol. The van der Waals surface area contributed by atoms with E-state index in [2.05, 4.69) is 4.74 Å². The zero-order valence-corrected chi connectivity index (χ0v) is 18.7. The van der Waals surface area contributed by atoms with Crippen molar-refractivity contribution >= 4 is 8.80 Å². The molecule has 3 rings (SSSR count). The first-order valence-corrected chi connectivity index (χ1v) is 13.2. The molecule has 1 aliphatic heterocycles. The van der Waals surface area contributed by atoms with Crippen molar-refractivity contribution < 1.29 is 26.7 Å². The molecular formula is C24H27F5OSi. The summed E-state index contributed by atoms with van der Waals surface area (Å²) in [6.45, 7) is 1.62. The third-order valence-electron chi connectivity index (χ3n) is 6.04. The first kappa shape index (κ1) is 23.5. The van der Waals surface area contributed by atoms with Crippen LogP contribution in [0, 0.1) is 11.6 Å². The fraction of sp³-hybridized carbons (Fsp3) is 0.417. The summed E-state index contributed by atoms with van der Waals surface area (Å²) < 4.78 is 69.8. The topological polar surface area (TPSA) is 9.23 Å². The van der Waals surface area contributed by atoms with Crippen LogP contribution in [0.3, 0.4) is 0 Å². The predicted octanol–water partition coefficient (Wildman–Crippen LogP) is 7.99. The summed E-state index contributed by atoms with van der Waals surface area (Å²) in [5.41, 5.74) is 2.18. The normalized spacial score (nSPS) is 19.7. The van der Waals surface area contributed by atoms with Crippen molar-refractivity contribution in [1.29, 1.82) is 0 Å². The molecule has 1 fully saturated rings. The Morgan fingerprint density at radius 1 is 1.06 bits per heavy atom. The van der Waals surface area contributed by atoms with E-state index in [-0.39, 0.29) is 6.26 Å². The summed E-state index contributed by atoms with van der Waals surface area (Å²) >= 11 is 0. The van der Waals surface area contributed by atoms with Gasteiger partial charge in [-0.25, -0.2) is 13.2 Å². The van der Waals surface area contributed by atoms with Crippen LogP contribution in [0.25, 0.3) is 11.1 Å². The molecule has 1 saturated heterocycles. The number of alkyl halides is 1. The van der Waals surface area contributed by atoms with Gasteiger partial charge >= 0.3 is 6.08 Å². The standard InChI is InChI=1S/C24H27F5OSi/c1-16(25)3-2-10-31-11-8-19(9-12-31)17-4-6-18(7-5-17)20-13-21(26)24(22(27)14-20)30-15-23(28)29/h4-7,13-16,19,31H,2-3,8-12H2,1H3/t16?,19-,31-. The van der Waals surface area contributed by atoms with Gasteiger partial charge in [0.1, 0.15) is 0 Å². The van der Waals surface area contributed by atoms with Gasteiger partial charge in [0.05, 0.1) is 6.17 Å². The molecule has 1 heterocycles. The van der Waals surface area contributed by atoms with Crippen molar-refractivity contribution in [2.24, 2.45) is 0 Å². The van der Waals surface area contributed by atoms with Gasteiger partial charge in [-0.1, -0.05) is 48.8 Å². The summed E-state index contributed by atoms with van der Waals surface area (Å²) in [6, 6.07) is 13.6. The van der Waals surface area contributed by atoms with E-state index in [1.165, 1.54) is 23.7 Å². The molecule has 7 heteroatoms. The van der Waals surface area contributed by atoms with Gasteiger partial charge in [-0.05, 0) is 60.9 Å². The van der Waals surface area contributed by atoms with Crippen LogP contribution in [0.2, 0.25) is 18.1 Å². The third kappa shape index (κ3) is 6.66. The molecule has 0 aromatic heterocycles. The van der Waals surface area contributed by atoms with Crippen molar-refractivity contribution in [3.63, 3.8) is 0 Å². The maximum absolute atomic E-state index is 14.1. The number of halogens is 5. The van der Waals surface area contributed by atoms with Crippen LogP contribution in [-0.4, -0.2) is 15.0 Å². The molecule has 0 N–H and O–H groups in total. The number of benzene rings is 2. The summed E-state index contributed by atoms with van der Waals surface area (Å²) in [7, 11) is -0.748. The minimum absolute atomic E-state index is 0.00905. The van der Waals surface area contributed by atoms with E-state index in [9.17, 15) is 22.0 Å². The van der Waals surface area contributed by atoms with E-state index in [4.69, 9.17) is 0 Å². The number of ether oxygens (including phenoxy) is 1. The minimum Gasteiger partial charge on any atom is -0.453 e. The Morgan fingerprint density at radius 3 is 2.23 bits per heavy atom. The van der Waals surface area contributed by atoms with Gasteiger partial charge in [0, 0.05) is 8.80 Å². The lowest BCUT2D eigenvalue weighted by Gasteiger charge is -2.28. The Hall–Kier alpha value is -2.15. The second-order valence-electron chi connectivity index (χ2n) is 8.35. The Balaban J connectivity index is 1.61. The SMILES string of the molecule is CC(F)CCC[Si@H]1CC[C@H](c2ccc(-c3cc(F)c(OC=C(F)F)c(F)c3)cc2)CC1. The molecule has 0 amide bonds. The van der Waals surface area contributed by atoms with Crippen LogP contribution in [0.15, 0.2) is 48.7 Å². The number of rotatable bonds is 8. The zero-order valence-electron chi connectivity index (χ0n) is 17.5. The molecule has 168 valence electrons. The molecule has 2 aromatic carbocycles. The van der Waals surface area contributed by atoms with Crippen LogP contribution in [0.5, 0.6) is 5.75 Å². The highest BCUT2D eigenvalue weighted by Gasteiger charge is 2.23. The van der Waals surface area contributed by atoms with Crippen molar-refractivity contribution in [1.82, 2.24) is 0 Å². The largest absolute Gasteiger partial charge is 0.453 e. The highest BCUT2D eigenvalue weighted by atomic mass is 28.3. The molecule has 1 nitrogen and oxygen atoms in total. The molecule has 0 radical (unpaired) electrons. The molecule has 31 heavy (non-hydrogen) atoms. The van der Waals surface area contributed by atoms with Gasteiger partial charge in [-0.3, -0.25) is 0 Å². The maximum atomic E-state index is 14.1. The molecule has 2 aromatic rings. The first-order chi connectivity index (χ1) is 14.8. The Labute approximate surface area is 181 Å². The first-order valence-electron chi connectivity index (χ1n) is 10.7. The van der Waals surface area contributed by atoms with Crippen LogP contribution in [0.4, 0.5) is 22.0 Å². The van der Waals surface area contributed by atoms with E-state index >= 15 is 0 Å². The van der Waals surface area contributed by atoms with E-state index < -0.39 is 38.4 Å². The lowest BCUT2D eigenvalue weighted by atomic mass is 9.92. The summed E-state index contributed by atoms with van der Waals surface area (Å²) in [5.74, 6) is -2.44. The maximum Gasteiger partial charge on any atom is 0.305 e. The monoisotopic (exact) mass is 454 g/mol. The molecule has 1 unspecified atom stereocenters. The predicted molar refractivity (Wildman–Crippen MR) is 116 cm³/mol. The summed E-state index contributed by atoms with van der Waals surface area (Å²) in [4.78, 5) is 0. The van der Waals surface area contributed by atoms with Crippen molar-refractivity contribution in [3.05, 3.63) is 65.9 Å². The Morgan fingerprint density at radius 2 is 1.68 bits per heavy atom. The molecule has 0 aliphatic carbocycles. The summed E-state index contributed by atoms with van der Waals surface area (Å²) in [6.07, 6.45) is 1.10. The van der Waals surface area contributed by atoms with Crippen molar-refractivity contribution in [3.8, 4) is 16.9 Å². The van der Waals surface area contributed by atoms with Gasteiger partial charge in [-0.15, -0.1) is 0 Å².